The summed E-state index contributed by atoms with van der Waals surface area (Å²) in [6.45, 7) is 11.6. The van der Waals surface area contributed by atoms with Gasteiger partial charge in [-0.1, -0.05) is 13.8 Å². The van der Waals surface area contributed by atoms with Crippen molar-refractivity contribution in [2.45, 2.75) is 52.6 Å². The Morgan fingerprint density at radius 1 is 1.28 bits per heavy atom. The molecule has 1 rings (SSSR count). The van der Waals surface area contributed by atoms with Crippen molar-refractivity contribution in [3.8, 4) is 0 Å². The molecule has 0 saturated carbocycles. The second-order valence-electron chi connectivity index (χ2n) is 5.13. The van der Waals surface area contributed by atoms with Gasteiger partial charge in [0.05, 0.1) is 12.2 Å². The van der Waals surface area contributed by atoms with Gasteiger partial charge >= 0.3 is 0 Å². The minimum Gasteiger partial charge on any atom is -0.329 e. The summed E-state index contributed by atoms with van der Waals surface area (Å²) in [5.74, 6) is 0. The number of nitrogens with two attached hydrogens (primary N) is 1. The summed E-state index contributed by atoms with van der Waals surface area (Å²) in [4.78, 5) is 2.47. The smallest absolute Gasteiger partial charge is 0.0538 e. The number of hydrogen-bond acceptors (Lipinski definition) is 3. The molecule has 4 nitrogen and oxygen atoms in total. The van der Waals surface area contributed by atoms with E-state index in [2.05, 4.69) is 43.9 Å². The number of rotatable bonds is 8. The maximum absolute atomic E-state index is 5.97. The first-order valence-corrected chi connectivity index (χ1v) is 7.12. The lowest BCUT2D eigenvalue weighted by atomic mass is 10.1. The van der Waals surface area contributed by atoms with Crippen LogP contribution < -0.4 is 5.73 Å². The van der Waals surface area contributed by atoms with E-state index in [9.17, 15) is 0 Å². The zero-order chi connectivity index (χ0) is 13.5. The van der Waals surface area contributed by atoms with Crippen LogP contribution in [0.15, 0.2) is 12.4 Å². The van der Waals surface area contributed by atoms with Gasteiger partial charge in [-0.2, -0.15) is 5.10 Å². The van der Waals surface area contributed by atoms with Gasteiger partial charge in [0.1, 0.15) is 0 Å². The van der Waals surface area contributed by atoms with E-state index >= 15 is 0 Å². The fraction of sp³-hybridized carbons (Fsp3) is 0.786. The van der Waals surface area contributed by atoms with Crippen LogP contribution in [0.4, 0.5) is 0 Å². The van der Waals surface area contributed by atoms with Crippen molar-refractivity contribution in [3.63, 3.8) is 0 Å². The third-order valence-corrected chi connectivity index (χ3v) is 3.22. The summed E-state index contributed by atoms with van der Waals surface area (Å²) in [5.41, 5.74) is 7.22. The summed E-state index contributed by atoms with van der Waals surface area (Å²) in [7, 11) is 0. The molecule has 1 atom stereocenters. The summed E-state index contributed by atoms with van der Waals surface area (Å²) in [6.07, 6.45) is 6.43. The second-order valence-corrected chi connectivity index (χ2v) is 5.13. The van der Waals surface area contributed by atoms with Gasteiger partial charge in [0.25, 0.3) is 0 Å². The van der Waals surface area contributed by atoms with Crippen LogP contribution in [0.2, 0.25) is 0 Å². The Bertz CT molecular complexity index is 326. The van der Waals surface area contributed by atoms with Crippen molar-refractivity contribution < 1.29 is 0 Å². The highest BCUT2D eigenvalue weighted by molar-refractivity contribution is 5.11. The van der Waals surface area contributed by atoms with Gasteiger partial charge in [0.15, 0.2) is 0 Å². The summed E-state index contributed by atoms with van der Waals surface area (Å²) >= 11 is 0. The first-order valence-electron chi connectivity index (χ1n) is 7.12. The molecule has 0 fully saturated rings. The zero-order valence-corrected chi connectivity index (χ0v) is 12.3. The molecule has 1 aromatic heterocycles. The minimum atomic E-state index is 0.303. The summed E-state index contributed by atoms with van der Waals surface area (Å²) in [6, 6.07) is 0.709. The molecule has 0 aliphatic heterocycles. The lowest BCUT2D eigenvalue weighted by Crippen LogP contribution is -2.34. The lowest BCUT2D eigenvalue weighted by Gasteiger charge is -2.29. The molecule has 0 bridgehead atoms. The van der Waals surface area contributed by atoms with Crippen LogP contribution in [0.3, 0.4) is 0 Å². The lowest BCUT2D eigenvalue weighted by molar-refractivity contribution is 0.202. The molecule has 4 heteroatoms. The maximum Gasteiger partial charge on any atom is 0.0538 e. The van der Waals surface area contributed by atoms with Crippen LogP contribution in [-0.2, 0) is 0 Å². The van der Waals surface area contributed by atoms with Crippen LogP contribution in [0.1, 0.15) is 58.2 Å². The van der Waals surface area contributed by atoms with Crippen molar-refractivity contribution in [2.24, 2.45) is 5.73 Å². The van der Waals surface area contributed by atoms with E-state index in [0.717, 1.165) is 25.9 Å². The molecular formula is C14H28N4. The average Bonchev–Trinajstić information content (AvgIpc) is 2.80. The van der Waals surface area contributed by atoms with Crippen molar-refractivity contribution in [1.29, 1.82) is 0 Å². The van der Waals surface area contributed by atoms with Gasteiger partial charge in [0, 0.05) is 24.3 Å². The van der Waals surface area contributed by atoms with Crippen LogP contribution >= 0.6 is 0 Å². The highest BCUT2D eigenvalue weighted by Gasteiger charge is 2.19. The van der Waals surface area contributed by atoms with Gasteiger partial charge in [-0.05, 0) is 39.8 Å². The van der Waals surface area contributed by atoms with Crippen molar-refractivity contribution in [3.05, 3.63) is 18.0 Å². The van der Waals surface area contributed by atoms with Crippen LogP contribution in [0.25, 0.3) is 0 Å². The van der Waals surface area contributed by atoms with Gasteiger partial charge in [0.2, 0.25) is 0 Å². The quantitative estimate of drug-likeness (QED) is 0.773. The molecule has 18 heavy (non-hydrogen) atoms. The minimum absolute atomic E-state index is 0.303. The SMILES string of the molecule is CCCN(CCC)C(CN)c1cnn(C(C)C)c1. The van der Waals surface area contributed by atoms with Crippen molar-refractivity contribution in [1.82, 2.24) is 14.7 Å². The summed E-state index contributed by atoms with van der Waals surface area (Å²) < 4.78 is 2.01. The fourth-order valence-corrected chi connectivity index (χ4v) is 2.30. The first kappa shape index (κ1) is 15.2. The Morgan fingerprint density at radius 3 is 2.28 bits per heavy atom. The fourth-order valence-electron chi connectivity index (χ4n) is 2.30. The molecule has 0 spiro atoms. The van der Waals surface area contributed by atoms with Crippen molar-refractivity contribution in [2.75, 3.05) is 19.6 Å². The van der Waals surface area contributed by atoms with E-state index in [0.29, 0.717) is 18.6 Å². The molecule has 0 aliphatic carbocycles. The molecule has 0 aromatic carbocycles. The molecule has 104 valence electrons. The van der Waals surface area contributed by atoms with Gasteiger partial charge in [-0.25, -0.2) is 0 Å². The number of hydrogen-bond donors (Lipinski definition) is 1. The second kappa shape index (κ2) is 7.54. The van der Waals surface area contributed by atoms with E-state index in [1.54, 1.807) is 0 Å². The molecule has 1 unspecified atom stereocenters. The molecule has 0 radical (unpaired) electrons. The van der Waals surface area contributed by atoms with Gasteiger partial charge < -0.3 is 5.73 Å². The normalized spacial score (nSPS) is 13.5. The van der Waals surface area contributed by atoms with Gasteiger partial charge in [-0.15, -0.1) is 0 Å². The molecule has 1 heterocycles. The predicted octanol–water partition coefficient (Wildman–Crippen LogP) is 2.59. The third kappa shape index (κ3) is 3.82. The number of aromatic nitrogens is 2. The van der Waals surface area contributed by atoms with E-state index in [1.165, 1.54) is 5.56 Å². The molecule has 0 saturated heterocycles. The van der Waals surface area contributed by atoms with Crippen LogP contribution in [0, 0.1) is 0 Å². The highest BCUT2D eigenvalue weighted by Crippen LogP contribution is 2.20. The zero-order valence-electron chi connectivity index (χ0n) is 12.3. The topological polar surface area (TPSA) is 47.1 Å². The molecular weight excluding hydrogens is 224 g/mol. The molecule has 1 aromatic rings. The Kier molecular flexibility index (Phi) is 6.36. The number of nitrogens with zero attached hydrogens (tertiary/aromatic N) is 3. The average molecular weight is 252 g/mol. The molecule has 0 amide bonds. The monoisotopic (exact) mass is 252 g/mol. The Hall–Kier alpha value is -0.870. The van der Waals surface area contributed by atoms with E-state index in [1.807, 2.05) is 10.9 Å². The molecule has 0 aliphatic rings. The van der Waals surface area contributed by atoms with E-state index in [4.69, 9.17) is 5.73 Å². The standard InChI is InChI=1S/C14H28N4/c1-5-7-17(8-6-2)14(9-15)13-10-16-18(11-13)12(3)4/h10-12,14H,5-9,15H2,1-4H3. The van der Waals surface area contributed by atoms with Gasteiger partial charge in [-0.3, -0.25) is 9.58 Å². The third-order valence-electron chi connectivity index (χ3n) is 3.22. The molecule has 2 N–H and O–H groups in total. The first-order chi connectivity index (χ1) is 8.63. The summed E-state index contributed by atoms with van der Waals surface area (Å²) in [5, 5.41) is 4.42. The van der Waals surface area contributed by atoms with Crippen LogP contribution in [-0.4, -0.2) is 34.3 Å². The van der Waals surface area contributed by atoms with Crippen molar-refractivity contribution >= 4 is 0 Å². The largest absolute Gasteiger partial charge is 0.329 e. The Morgan fingerprint density at radius 2 is 1.89 bits per heavy atom. The van der Waals surface area contributed by atoms with E-state index < -0.39 is 0 Å². The maximum atomic E-state index is 5.97. The Labute approximate surface area is 111 Å². The van der Waals surface area contributed by atoms with Crippen LogP contribution in [0.5, 0.6) is 0 Å². The Balaban J connectivity index is 2.84. The highest BCUT2D eigenvalue weighted by atomic mass is 15.3. The van der Waals surface area contributed by atoms with E-state index in [-0.39, 0.29) is 0 Å². The predicted molar refractivity (Wildman–Crippen MR) is 76.6 cm³/mol.